The monoisotopic (exact) mass is 442 g/mol. The van der Waals surface area contributed by atoms with E-state index in [1.54, 1.807) is 60.2 Å². The minimum atomic E-state index is -0.620. The summed E-state index contributed by atoms with van der Waals surface area (Å²) < 4.78 is 13.4. The van der Waals surface area contributed by atoms with E-state index in [2.05, 4.69) is 10.3 Å². The summed E-state index contributed by atoms with van der Waals surface area (Å²) in [5.41, 5.74) is 1.03. The number of hydrogen-bond acceptors (Lipinski definition) is 6. The second-order valence-electron chi connectivity index (χ2n) is 8.90. The molecule has 1 unspecified atom stereocenters. The number of amides is 1. The summed E-state index contributed by atoms with van der Waals surface area (Å²) in [6, 6.07) is 4.37. The van der Waals surface area contributed by atoms with Gasteiger partial charge in [0.1, 0.15) is 17.2 Å². The van der Waals surface area contributed by atoms with Gasteiger partial charge in [0.15, 0.2) is 0 Å². The van der Waals surface area contributed by atoms with Crippen LogP contribution >= 0.6 is 0 Å². The fraction of sp³-hybridized carbons (Fsp3) is 0.478. The molecule has 3 rings (SSSR count). The lowest BCUT2D eigenvalue weighted by molar-refractivity contribution is 0.0497. The maximum absolute atomic E-state index is 12.5. The molecule has 2 aromatic rings. The second-order valence-corrected chi connectivity index (χ2v) is 8.90. The molecule has 1 N–H and O–H groups in total. The lowest BCUT2D eigenvalue weighted by atomic mass is 10.1. The molecule has 1 aliphatic carbocycles. The number of carbonyl (C=O) groups excluding carboxylic acids is 1. The summed E-state index contributed by atoms with van der Waals surface area (Å²) in [6.07, 6.45) is 3.35. The Morgan fingerprint density at radius 2 is 1.94 bits per heavy atom. The first-order valence-corrected chi connectivity index (χ1v) is 10.5. The minimum Gasteiger partial charge on any atom is -0.499 e. The van der Waals surface area contributed by atoms with Crippen LogP contribution in [-0.2, 0) is 22.9 Å². The average molecular weight is 443 g/mol. The van der Waals surface area contributed by atoms with Crippen LogP contribution in [0.15, 0.2) is 45.3 Å². The van der Waals surface area contributed by atoms with Gasteiger partial charge in [0, 0.05) is 31.4 Å². The van der Waals surface area contributed by atoms with Gasteiger partial charge in [-0.25, -0.2) is 19.1 Å². The SMILES string of the molecule is COC(=C1CC1)C(Cc1ccc(-n2c(=O)cc(C)n(C)c2=O)nc1)NC(=O)OC(C)(C)C. The van der Waals surface area contributed by atoms with Gasteiger partial charge in [0.25, 0.3) is 5.56 Å². The number of allylic oxidation sites excluding steroid dienone is 1. The highest BCUT2D eigenvalue weighted by Crippen LogP contribution is 2.34. The van der Waals surface area contributed by atoms with Crippen molar-refractivity contribution in [2.75, 3.05) is 7.11 Å². The van der Waals surface area contributed by atoms with Crippen molar-refractivity contribution in [1.29, 1.82) is 0 Å². The van der Waals surface area contributed by atoms with E-state index in [4.69, 9.17) is 9.47 Å². The van der Waals surface area contributed by atoms with Gasteiger partial charge in [0.05, 0.1) is 13.2 Å². The molecule has 0 aromatic carbocycles. The van der Waals surface area contributed by atoms with Gasteiger partial charge < -0.3 is 19.4 Å². The Morgan fingerprint density at radius 1 is 1.25 bits per heavy atom. The molecular weight excluding hydrogens is 412 g/mol. The van der Waals surface area contributed by atoms with Crippen molar-refractivity contribution in [3.8, 4) is 5.82 Å². The molecule has 2 heterocycles. The number of nitrogens with one attached hydrogen (secondary N) is 1. The third kappa shape index (κ3) is 5.46. The molecule has 1 saturated carbocycles. The first-order chi connectivity index (χ1) is 15.0. The minimum absolute atomic E-state index is 0.239. The Kier molecular flexibility index (Phi) is 6.57. The summed E-state index contributed by atoms with van der Waals surface area (Å²) in [4.78, 5) is 41.6. The Morgan fingerprint density at radius 3 is 2.47 bits per heavy atom. The van der Waals surface area contributed by atoms with E-state index in [9.17, 15) is 14.4 Å². The van der Waals surface area contributed by atoms with Crippen LogP contribution in [0.4, 0.5) is 4.79 Å². The number of aryl methyl sites for hydroxylation is 1. The van der Waals surface area contributed by atoms with Gasteiger partial charge in [0.2, 0.25) is 0 Å². The van der Waals surface area contributed by atoms with E-state index in [-0.39, 0.29) is 5.82 Å². The molecule has 0 radical (unpaired) electrons. The van der Waals surface area contributed by atoms with E-state index >= 15 is 0 Å². The maximum atomic E-state index is 12.5. The van der Waals surface area contributed by atoms with Crippen LogP contribution in [0.25, 0.3) is 5.82 Å². The van der Waals surface area contributed by atoms with Crippen LogP contribution in [0.1, 0.15) is 44.9 Å². The van der Waals surface area contributed by atoms with Crippen LogP contribution in [0.5, 0.6) is 0 Å². The van der Waals surface area contributed by atoms with Crippen LogP contribution in [0.3, 0.4) is 0 Å². The first-order valence-electron chi connectivity index (χ1n) is 10.5. The normalized spacial score (nSPS) is 14.0. The number of nitrogens with zero attached hydrogens (tertiary/aromatic N) is 3. The molecular formula is C23H30N4O5. The van der Waals surface area contributed by atoms with E-state index in [0.717, 1.165) is 34.3 Å². The second kappa shape index (κ2) is 9.02. The van der Waals surface area contributed by atoms with Gasteiger partial charge in [-0.2, -0.15) is 0 Å². The van der Waals surface area contributed by atoms with Gasteiger partial charge in [-0.3, -0.25) is 4.79 Å². The third-order valence-electron chi connectivity index (χ3n) is 5.11. The van der Waals surface area contributed by atoms with E-state index in [0.29, 0.717) is 12.1 Å². The number of rotatable bonds is 6. The fourth-order valence-electron chi connectivity index (χ4n) is 3.35. The summed E-state index contributed by atoms with van der Waals surface area (Å²) in [5, 5.41) is 2.89. The number of ether oxygens (including phenoxy) is 2. The van der Waals surface area contributed by atoms with Crippen molar-refractivity contribution in [3.05, 3.63) is 67.8 Å². The molecule has 9 heteroatoms. The number of alkyl carbamates (subject to hydrolysis) is 1. The predicted molar refractivity (Wildman–Crippen MR) is 120 cm³/mol. The summed E-state index contributed by atoms with van der Waals surface area (Å²) >= 11 is 0. The van der Waals surface area contributed by atoms with Crippen molar-refractivity contribution in [3.63, 3.8) is 0 Å². The lowest BCUT2D eigenvalue weighted by Gasteiger charge is -2.25. The third-order valence-corrected chi connectivity index (χ3v) is 5.11. The molecule has 1 aliphatic rings. The summed E-state index contributed by atoms with van der Waals surface area (Å²) in [6.45, 7) is 7.11. The topological polar surface area (TPSA) is 104 Å². The first kappa shape index (κ1) is 23.3. The van der Waals surface area contributed by atoms with Crippen molar-refractivity contribution >= 4 is 6.09 Å². The largest absolute Gasteiger partial charge is 0.499 e. The molecule has 32 heavy (non-hydrogen) atoms. The van der Waals surface area contributed by atoms with Gasteiger partial charge >= 0.3 is 11.8 Å². The fourth-order valence-corrected chi connectivity index (χ4v) is 3.35. The molecule has 0 aliphatic heterocycles. The average Bonchev–Trinajstić information content (AvgIpc) is 3.51. The zero-order valence-electron chi connectivity index (χ0n) is 19.4. The molecule has 0 spiro atoms. The predicted octanol–water partition coefficient (Wildman–Crippen LogP) is 2.37. The van der Waals surface area contributed by atoms with Crippen molar-refractivity contribution in [2.24, 2.45) is 7.05 Å². The highest BCUT2D eigenvalue weighted by atomic mass is 16.6. The number of carbonyl (C=O) groups is 1. The highest BCUT2D eigenvalue weighted by molar-refractivity contribution is 5.68. The number of methoxy groups -OCH3 is 1. The number of pyridine rings is 1. The number of hydrogen-bond donors (Lipinski definition) is 1. The van der Waals surface area contributed by atoms with Crippen molar-refractivity contribution < 1.29 is 14.3 Å². The van der Waals surface area contributed by atoms with E-state index in [1.807, 2.05) is 0 Å². The zero-order chi connectivity index (χ0) is 23.6. The van der Waals surface area contributed by atoms with Crippen molar-refractivity contribution in [2.45, 2.75) is 58.6 Å². The molecule has 1 atom stereocenters. The summed E-state index contributed by atoms with van der Waals surface area (Å²) in [7, 11) is 3.19. The zero-order valence-corrected chi connectivity index (χ0v) is 19.4. The van der Waals surface area contributed by atoms with E-state index in [1.165, 1.54) is 10.6 Å². The molecule has 0 saturated heterocycles. The smallest absolute Gasteiger partial charge is 0.408 e. The molecule has 172 valence electrons. The van der Waals surface area contributed by atoms with Gasteiger partial charge in [-0.05, 0) is 57.7 Å². The number of aromatic nitrogens is 3. The Labute approximate surface area is 186 Å². The molecule has 0 bridgehead atoms. The van der Waals surface area contributed by atoms with Crippen LogP contribution in [0.2, 0.25) is 0 Å². The quantitative estimate of drug-likeness (QED) is 0.689. The maximum Gasteiger partial charge on any atom is 0.408 e. The van der Waals surface area contributed by atoms with Crippen molar-refractivity contribution in [1.82, 2.24) is 19.4 Å². The summed E-state index contributed by atoms with van der Waals surface area (Å²) in [5.74, 6) is 0.965. The van der Waals surface area contributed by atoms with Gasteiger partial charge in [-0.1, -0.05) is 6.07 Å². The Bertz CT molecular complexity index is 1150. The van der Waals surface area contributed by atoms with Gasteiger partial charge in [-0.15, -0.1) is 0 Å². The molecule has 1 amide bonds. The Balaban J connectivity index is 1.86. The molecule has 9 nitrogen and oxygen atoms in total. The molecule has 1 fully saturated rings. The van der Waals surface area contributed by atoms with Crippen LogP contribution in [0, 0.1) is 6.92 Å². The molecule has 2 aromatic heterocycles. The van der Waals surface area contributed by atoms with E-state index < -0.39 is 29.0 Å². The lowest BCUT2D eigenvalue weighted by Crippen LogP contribution is -2.41. The van der Waals surface area contributed by atoms with Crippen LogP contribution < -0.4 is 16.6 Å². The Hall–Kier alpha value is -3.36. The van der Waals surface area contributed by atoms with Crippen LogP contribution in [-0.4, -0.2) is 39.0 Å². The highest BCUT2D eigenvalue weighted by Gasteiger charge is 2.29. The standard InChI is InChI=1S/C23H30N4O5/c1-14-11-19(28)27(22(30)26(14)5)18-10-7-15(13-24-18)12-17(20(31-6)16-8-9-16)25-21(29)32-23(2,3)4/h7,10-11,13,17H,8-9,12H2,1-6H3,(H,25,29).